The molecule has 0 atom stereocenters. The molecule has 0 spiro atoms. The summed E-state index contributed by atoms with van der Waals surface area (Å²) >= 11 is 0. The highest BCUT2D eigenvalue weighted by atomic mass is 16.6. The standard InChI is InChI=1S/C30H46N2O5/c1-27(2)16-22(17-28(3,4)31(27)9)36-25(34)24(15-20-11-13-21(33)14-12-20)26(35)37-23-18-29(5,6)32(10)30(7,8)19-23/h11-15,22-23,33H,16-19H2,1-10H3. The minimum atomic E-state index is -0.675. The van der Waals surface area contributed by atoms with Gasteiger partial charge in [0.2, 0.25) is 0 Å². The number of ether oxygens (including phenoxy) is 2. The van der Waals surface area contributed by atoms with E-state index in [1.54, 1.807) is 12.1 Å². The number of phenolic OH excluding ortho intramolecular Hbond substituents is 1. The lowest BCUT2D eigenvalue weighted by molar-refractivity contribution is -0.162. The van der Waals surface area contributed by atoms with Gasteiger partial charge in [-0.2, -0.15) is 0 Å². The molecule has 7 nitrogen and oxygen atoms in total. The maximum atomic E-state index is 13.5. The number of esters is 2. The van der Waals surface area contributed by atoms with E-state index in [1.165, 1.54) is 18.2 Å². The molecule has 0 unspecified atom stereocenters. The topological polar surface area (TPSA) is 79.3 Å². The summed E-state index contributed by atoms with van der Waals surface area (Å²) in [4.78, 5) is 31.7. The maximum Gasteiger partial charge on any atom is 0.345 e. The predicted molar refractivity (Wildman–Crippen MR) is 146 cm³/mol. The van der Waals surface area contributed by atoms with Crippen molar-refractivity contribution in [1.29, 1.82) is 0 Å². The van der Waals surface area contributed by atoms with Gasteiger partial charge >= 0.3 is 11.9 Å². The number of benzene rings is 1. The number of carbonyl (C=O) groups excluding carboxylic acids is 2. The van der Waals surface area contributed by atoms with Gasteiger partial charge in [-0.3, -0.25) is 9.80 Å². The van der Waals surface area contributed by atoms with Gasteiger partial charge in [-0.15, -0.1) is 0 Å². The minimum Gasteiger partial charge on any atom is -0.508 e. The molecule has 2 aliphatic rings. The molecule has 2 aliphatic heterocycles. The second-order valence-electron chi connectivity index (χ2n) is 13.4. The fourth-order valence-corrected chi connectivity index (χ4v) is 6.09. The molecule has 1 aromatic rings. The van der Waals surface area contributed by atoms with Gasteiger partial charge in [-0.25, -0.2) is 9.59 Å². The average molecular weight is 515 g/mol. The molecular weight excluding hydrogens is 468 g/mol. The van der Waals surface area contributed by atoms with E-state index in [0.717, 1.165) is 0 Å². The molecule has 0 amide bonds. The third-order valence-electron chi connectivity index (χ3n) is 8.73. The van der Waals surface area contributed by atoms with Gasteiger partial charge in [0.1, 0.15) is 23.5 Å². The third-order valence-corrected chi connectivity index (χ3v) is 8.73. The zero-order valence-corrected chi connectivity index (χ0v) is 24.3. The monoisotopic (exact) mass is 514 g/mol. The number of hydrogen-bond donors (Lipinski definition) is 1. The number of likely N-dealkylation sites (tertiary alicyclic amines) is 2. The highest BCUT2D eigenvalue weighted by molar-refractivity contribution is 6.17. The van der Waals surface area contributed by atoms with Crippen LogP contribution in [-0.4, -0.2) is 75.3 Å². The van der Waals surface area contributed by atoms with Crippen molar-refractivity contribution in [1.82, 2.24) is 9.80 Å². The summed E-state index contributed by atoms with van der Waals surface area (Å²) < 4.78 is 12.0. The van der Waals surface area contributed by atoms with Crippen molar-refractivity contribution >= 4 is 18.0 Å². The van der Waals surface area contributed by atoms with E-state index in [9.17, 15) is 14.7 Å². The van der Waals surface area contributed by atoms with Crippen LogP contribution in [0.25, 0.3) is 6.08 Å². The van der Waals surface area contributed by atoms with Gasteiger partial charge in [0.05, 0.1) is 0 Å². The van der Waals surface area contributed by atoms with E-state index in [4.69, 9.17) is 9.47 Å². The first-order valence-corrected chi connectivity index (χ1v) is 13.2. The largest absolute Gasteiger partial charge is 0.508 e. The Balaban J connectivity index is 1.86. The molecule has 3 rings (SSSR count). The molecule has 1 N–H and O–H groups in total. The first-order chi connectivity index (χ1) is 16.8. The Labute approximate surface area is 222 Å². The molecule has 0 saturated carbocycles. The molecule has 37 heavy (non-hydrogen) atoms. The average Bonchev–Trinajstić information content (AvgIpc) is 2.74. The molecule has 2 saturated heterocycles. The Morgan fingerprint density at radius 3 is 1.38 bits per heavy atom. The first kappa shape index (κ1) is 29.2. The van der Waals surface area contributed by atoms with Gasteiger partial charge in [-0.1, -0.05) is 12.1 Å². The predicted octanol–water partition coefficient (Wildman–Crippen LogP) is 5.16. The smallest absolute Gasteiger partial charge is 0.345 e. The van der Waals surface area contributed by atoms with Crippen LogP contribution in [0, 0.1) is 0 Å². The lowest BCUT2D eigenvalue weighted by atomic mass is 9.78. The number of rotatable bonds is 5. The SMILES string of the molecule is CN1C(C)(C)CC(OC(=O)C(=Cc2ccc(O)cc2)C(=O)OC2CC(C)(C)N(C)C(C)(C)C2)CC1(C)C. The summed E-state index contributed by atoms with van der Waals surface area (Å²) in [5.74, 6) is -1.24. The highest BCUT2D eigenvalue weighted by Crippen LogP contribution is 2.40. The van der Waals surface area contributed by atoms with Crippen molar-refractivity contribution in [2.24, 2.45) is 0 Å². The maximum absolute atomic E-state index is 13.5. The zero-order chi connectivity index (χ0) is 28.0. The second kappa shape index (κ2) is 10.1. The third kappa shape index (κ3) is 6.55. The van der Waals surface area contributed by atoms with Gasteiger partial charge in [0, 0.05) is 47.8 Å². The Morgan fingerprint density at radius 1 is 0.730 bits per heavy atom. The fraction of sp³-hybridized carbons (Fsp3) is 0.667. The number of nitrogens with zero attached hydrogens (tertiary/aromatic N) is 2. The number of aromatic hydroxyl groups is 1. The highest BCUT2D eigenvalue weighted by Gasteiger charge is 2.46. The van der Waals surface area contributed by atoms with Crippen LogP contribution >= 0.6 is 0 Å². The van der Waals surface area contributed by atoms with Crippen molar-refractivity contribution in [3.8, 4) is 5.75 Å². The number of carbonyl (C=O) groups is 2. The van der Waals surface area contributed by atoms with Crippen molar-refractivity contribution < 1.29 is 24.2 Å². The summed E-state index contributed by atoms with van der Waals surface area (Å²) in [5, 5.41) is 9.67. The van der Waals surface area contributed by atoms with Crippen LogP contribution in [0.2, 0.25) is 0 Å². The van der Waals surface area contributed by atoms with Crippen molar-refractivity contribution in [3.63, 3.8) is 0 Å². The summed E-state index contributed by atoms with van der Waals surface area (Å²) in [6, 6.07) is 6.34. The summed E-state index contributed by atoms with van der Waals surface area (Å²) in [5.41, 5.74) is -0.193. The summed E-state index contributed by atoms with van der Waals surface area (Å²) in [6.07, 6.45) is 3.50. The molecule has 1 aromatic carbocycles. The van der Waals surface area contributed by atoms with Crippen molar-refractivity contribution in [2.75, 3.05) is 14.1 Å². The van der Waals surface area contributed by atoms with Crippen LogP contribution in [0.1, 0.15) is 86.6 Å². The lowest BCUT2D eigenvalue weighted by Gasteiger charge is -2.53. The van der Waals surface area contributed by atoms with Crippen LogP contribution in [0.5, 0.6) is 5.75 Å². The molecular formula is C30H46N2O5. The summed E-state index contributed by atoms with van der Waals surface area (Å²) in [7, 11) is 4.19. The number of phenols is 1. The van der Waals surface area contributed by atoms with Crippen LogP contribution in [0.4, 0.5) is 0 Å². The van der Waals surface area contributed by atoms with Gasteiger partial charge < -0.3 is 14.6 Å². The quantitative estimate of drug-likeness (QED) is 0.251. The van der Waals surface area contributed by atoms with E-state index < -0.39 is 11.9 Å². The Bertz CT molecular complexity index is 945. The first-order valence-electron chi connectivity index (χ1n) is 13.2. The molecule has 2 heterocycles. The van der Waals surface area contributed by atoms with E-state index in [2.05, 4.69) is 79.3 Å². The number of hydrogen-bond acceptors (Lipinski definition) is 7. The van der Waals surface area contributed by atoms with Gasteiger partial charge in [0.25, 0.3) is 0 Å². The Morgan fingerprint density at radius 2 is 1.05 bits per heavy atom. The Hall–Kier alpha value is -2.38. The van der Waals surface area contributed by atoms with E-state index in [-0.39, 0.29) is 45.7 Å². The van der Waals surface area contributed by atoms with Gasteiger partial charge in [0.15, 0.2) is 0 Å². The second-order valence-corrected chi connectivity index (χ2v) is 13.4. The zero-order valence-electron chi connectivity index (χ0n) is 24.3. The van der Waals surface area contributed by atoms with Crippen LogP contribution < -0.4 is 0 Å². The molecule has 206 valence electrons. The fourth-order valence-electron chi connectivity index (χ4n) is 6.09. The van der Waals surface area contributed by atoms with Gasteiger partial charge in [-0.05, 0) is 93.3 Å². The van der Waals surface area contributed by atoms with Crippen LogP contribution in [-0.2, 0) is 19.1 Å². The Kier molecular flexibility index (Phi) is 7.94. The summed E-state index contributed by atoms with van der Waals surface area (Å²) in [6.45, 7) is 17.1. The molecule has 2 fully saturated rings. The molecule has 0 radical (unpaired) electrons. The van der Waals surface area contributed by atoms with Crippen LogP contribution in [0.3, 0.4) is 0 Å². The van der Waals surface area contributed by atoms with Crippen LogP contribution in [0.15, 0.2) is 29.8 Å². The van der Waals surface area contributed by atoms with Crippen molar-refractivity contribution in [2.45, 2.75) is 115 Å². The molecule has 0 aliphatic carbocycles. The molecule has 7 heteroatoms. The van der Waals surface area contributed by atoms with E-state index in [0.29, 0.717) is 31.2 Å². The number of piperidine rings is 2. The van der Waals surface area contributed by atoms with Crippen molar-refractivity contribution in [3.05, 3.63) is 35.4 Å². The minimum absolute atomic E-state index is 0.107. The van der Waals surface area contributed by atoms with E-state index >= 15 is 0 Å². The molecule has 0 bridgehead atoms. The van der Waals surface area contributed by atoms with E-state index in [1.807, 2.05) is 0 Å². The lowest BCUT2D eigenvalue weighted by Crippen LogP contribution is -2.60. The molecule has 0 aromatic heterocycles. The normalized spacial score (nSPS) is 23.7.